The summed E-state index contributed by atoms with van der Waals surface area (Å²) in [5.74, 6) is -3.28. The van der Waals surface area contributed by atoms with Crippen LogP contribution < -0.4 is 5.56 Å². The lowest BCUT2D eigenvalue weighted by Gasteiger charge is -2.16. The molecule has 0 bridgehead atoms. The van der Waals surface area contributed by atoms with Gasteiger partial charge in [0.15, 0.2) is 11.6 Å². The van der Waals surface area contributed by atoms with Crippen LogP contribution in [0.4, 0.5) is 8.78 Å². The van der Waals surface area contributed by atoms with Crippen LogP contribution in [0, 0.1) is 18.6 Å². The van der Waals surface area contributed by atoms with E-state index in [2.05, 4.69) is 0 Å². The quantitative estimate of drug-likeness (QED) is 0.948. The molecule has 0 atom stereocenters. The molecular formula is C16H13F2NO3. The van der Waals surface area contributed by atoms with E-state index in [0.717, 1.165) is 25.0 Å². The number of rotatable bonds is 3. The smallest absolute Gasteiger partial charge is 0.341 e. The van der Waals surface area contributed by atoms with E-state index in [9.17, 15) is 18.4 Å². The highest BCUT2D eigenvalue weighted by molar-refractivity contribution is 5.87. The van der Waals surface area contributed by atoms with Gasteiger partial charge in [-0.3, -0.25) is 9.36 Å². The van der Waals surface area contributed by atoms with Gasteiger partial charge in [-0.25, -0.2) is 13.6 Å². The van der Waals surface area contributed by atoms with Crippen molar-refractivity contribution in [2.75, 3.05) is 0 Å². The van der Waals surface area contributed by atoms with Crippen molar-refractivity contribution in [3.63, 3.8) is 0 Å². The second-order valence-electron chi connectivity index (χ2n) is 5.44. The Hall–Kier alpha value is -2.50. The molecule has 3 rings (SSSR count). The van der Waals surface area contributed by atoms with Crippen LogP contribution in [0.3, 0.4) is 0 Å². The van der Waals surface area contributed by atoms with Crippen molar-refractivity contribution in [3.05, 3.63) is 63.1 Å². The lowest BCUT2D eigenvalue weighted by Crippen LogP contribution is -2.28. The zero-order valence-electron chi connectivity index (χ0n) is 11.8. The Balaban J connectivity index is 2.33. The van der Waals surface area contributed by atoms with Crippen molar-refractivity contribution in [2.24, 2.45) is 0 Å². The van der Waals surface area contributed by atoms with Gasteiger partial charge in [-0.15, -0.1) is 0 Å². The highest BCUT2D eigenvalue weighted by Gasteiger charge is 2.29. The molecule has 0 saturated heterocycles. The summed E-state index contributed by atoms with van der Waals surface area (Å²) >= 11 is 0. The van der Waals surface area contributed by atoms with E-state index in [1.165, 1.54) is 10.6 Å². The number of hydrogen-bond donors (Lipinski definition) is 1. The molecule has 1 aromatic carbocycles. The Morgan fingerprint density at radius 1 is 1.23 bits per heavy atom. The molecule has 0 radical (unpaired) electrons. The molecule has 114 valence electrons. The molecule has 1 heterocycles. The lowest BCUT2D eigenvalue weighted by atomic mass is 10.1. The Bertz CT molecular complexity index is 838. The highest BCUT2D eigenvalue weighted by atomic mass is 19.2. The minimum atomic E-state index is -1.35. The van der Waals surface area contributed by atoms with Gasteiger partial charge in [-0.05, 0) is 49.4 Å². The van der Waals surface area contributed by atoms with Crippen molar-refractivity contribution in [1.29, 1.82) is 0 Å². The fourth-order valence-electron chi connectivity index (χ4n) is 2.54. The summed E-state index contributed by atoms with van der Waals surface area (Å²) in [4.78, 5) is 23.6. The molecular weight excluding hydrogens is 292 g/mol. The Morgan fingerprint density at radius 3 is 2.45 bits per heavy atom. The van der Waals surface area contributed by atoms with E-state index >= 15 is 0 Å². The molecule has 1 aliphatic rings. The Kier molecular flexibility index (Phi) is 3.31. The van der Waals surface area contributed by atoms with Gasteiger partial charge in [0, 0.05) is 11.8 Å². The molecule has 0 unspecified atom stereocenters. The first-order chi connectivity index (χ1) is 10.4. The number of aromatic nitrogens is 1. The maximum absolute atomic E-state index is 13.6. The van der Waals surface area contributed by atoms with Crippen LogP contribution in [0.5, 0.6) is 0 Å². The molecule has 6 heteroatoms. The Labute approximate surface area is 124 Å². The molecule has 1 saturated carbocycles. The third-order valence-electron chi connectivity index (χ3n) is 3.82. The third kappa shape index (κ3) is 2.30. The Morgan fingerprint density at radius 2 is 1.86 bits per heavy atom. The zero-order chi connectivity index (χ0) is 16.0. The van der Waals surface area contributed by atoms with Gasteiger partial charge >= 0.3 is 5.97 Å². The van der Waals surface area contributed by atoms with E-state index in [4.69, 9.17) is 5.11 Å². The molecule has 0 aliphatic heterocycles. The van der Waals surface area contributed by atoms with Gasteiger partial charge < -0.3 is 5.11 Å². The maximum atomic E-state index is 13.6. The average Bonchev–Trinajstić information content (AvgIpc) is 3.27. The predicted octanol–water partition coefficient (Wildman–Crippen LogP) is 3.00. The fourth-order valence-corrected chi connectivity index (χ4v) is 2.54. The van der Waals surface area contributed by atoms with Crippen LogP contribution in [-0.4, -0.2) is 15.6 Å². The monoisotopic (exact) mass is 305 g/mol. The zero-order valence-corrected chi connectivity index (χ0v) is 11.8. The molecule has 1 aromatic heterocycles. The lowest BCUT2D eigenvalue weighted by molar-refractivity contribution is 0.0694. The number of benzene rings is 1. The average molecular weight is 305 g/mol. The predicted molar refractivity (Wildman–Crippen MR) is 75.6 cm³/mol. The van der Waals surface area contributed by atoms with E-state index in [1.54, 1.807) is 13.0 Å². The summed E-state index contributed by atoms with van der Waals surface area (Å²) < 4.78 is 28.1. The van der Waals surface area contributed by atoms with Crippen LogP contribution in [0.15, 0.2) is 29.1 Å². The van der Waals surface area contributed by atoms with Crippen LogP contribution in [0.2, 0.25) is 0 Å². The van der Waals surface area contributed by atoms with Gasteiger partial charge in [0.25, 0.3) is 5.56 Å². The van der Waals surface area contributed by atoms with Gasteiger partial charge in [-0.1, -0.05) is 0 Å². The van der Waals surface area contributed by atoms with Crippen molar-refractivity contribution in [2.45, 2.75) is 25.7 Å². The van der Waals surface area contributed by atoms with Gasteiger partial charge in [0.2, 0.25) is 0 Å². The first-order valence-corrected chi connectivity index (χ1v) is 6.85. The summed E-state index contributed by atoms with van der Waals surface area (Å²) in [6, 6.07) is 4.78. The van der Waals surface area contributed by atoms with Crippen molar-refractivity contribution in [3.8, 4) is 5.69 Å². The molecule has 4 nitrogen and oxygen atoms in total. The number of pyridine rings is 1. The number of aryl methyl sites for hydroxylation is 1. The van der Waals surface area contributed by atoms with E-state index < -0.39 is 28.7 Å². The molecule has 22 heavy (non-hydrogen) atoms. The largest absolute Gasteiger partial charge is 0.477 e. The first kappa shape index (κ1) is 14.4. The molecule has 0 amide bonds. The van der Waals surface area contributed by atoms with Crippen molar-refractivity contribution in [1.82, 2.24) is 4.57 Å². The fraction of sp³-hybridized carbons (Fsp3) is 0.250. The van der Waals surface area contributed by atoms with E-state index in [1.807, 2.05) is 0 Å². The molecule has 1 aliphatic carbocycles. The summed E-state index contributed by atoms with van der Waals surface area (Å²) in [6.07, 6.45) is 1.77. The molecule has 1 fully saturated rings. The number of carboxylic acids is 1. The van der Waals surface area contributed by atoms with Gasteiger partial charge in [-0.2, -0.15) is 0 Å². The minimum Gasteiger partial charge on any atom is -0.477 e. The second-order valence-corrected chi connectivity index (χ2v) is 5.44. The van der Waals surface area contributed by atoms with Crippen LogP contribution in [-0.2, 0) is 0 Å². The van der Waals surface area contributed by atoms with Crippen molar-refractivity contribution >= 4 is 5.97 Å². The van der Waals surface area contributed by atoms with E-state index in [-0.39, 0.29) is 11.6 Å². The number of carboxylic acid groups (broad SMARTS) is 1. The first-order valence-electron chi connectivity index (χ1n) is 6.85. The van der Waals surface area contributed by atoms with Crippen LogP contribution in [0.25, 0.3) is 5.69 Å². The SMILES string of the molecule is Cc1cc(F)c(F)cc1-n1c(C2CC2)ccc(C(=O)O)c1=O. The maximum Gasteiger partial charge on any atom is 0.341 e. The normalized spacial score (nSPS) is 14.1. The van der Waals surface area contributed by atoms with E-state index in [0.29, 0.717) is 11.3 Å². The number of hydrogen-bond acceptors (Lipinski definition) is 2. The number of aromatic carboxylic acids is 1. The standard InChI is InChI=1S/C16H13F2NO3/c1-8-6-11(17)12(18)7-14(8)19-13(9-2-3-9)5-4-10(15(19)20)16(21)22/h4-7,9H,2-3H2,1H3,(H,21,22). The summed E-state index contributed by atoms with van der Waals surface area (Å²) in [5, 5.41) is 9.10. The highest BCUT2D eigenvalue weighted by Crippen LogP contribution is 2.40. The van der Waals surface area contributed by atoms with Crippen molar-refractivity contribution < 1.29 is 18.7 Å². The number of halogens is 2. The van der Waals surface area contributed by atoms with Crippen LogP contribution >= 0.6 is 0 Å². The van der Waals surface area contributed by atoms with Gasteiger partial charge in [0.1, 0.15) is 5.56 Å². The van der Waals surface area contributed by atoms with Gasteiger partial charge in [0.05, 0.1) is 5.69 Å². The number of carbonyl (C=O) groups is 1. The molecule has 1 N–H and O–H groups in total. The third-order valence-corrected chi connectivity index (χ3v) is 3.82. The molecule has 2 aromatic rings. The van der Waals surface area contributed by atoms with Crippen LogP contribution in [0.1, 0.15) is 40.4 Å². The number of nitrogens with zero attached hydrogens (tertiary/aromatic N) is 1. The second kappa shape index (κ2) is 5.05. The summed E-state index contributed by atoms with van der Waals surface area (Å²) in [5.41, 5.74) is 0.0444. The summed E-state index contributed by atoms with van der Waals surface area (Å²) in [6.45, 7) is 1.55. The summed E-state index contributed by atoms with van der Waals surface area (Å²) in [7, 11) is 0. The minimum absolute atomic E-state index is 0.142. The topological polar surface area (TPSA) is 59.3 Å². The molecule has 0 spiro atoms.